The van der Waals surface area contributed by atoms with Gasteiger partial charge in [-0.1, -0.05) is 6.92 Å². The molecule has 0 saturated carbocycles. The highest BCUT2D eigenvalue weighted by molar-refractivity contribution is 5.85. The monoisotopic (exact) mass is 383 g/mol. The Kier molecular flexibility index (Phi) is 9.38. The molecule has 1 aliphatic rings. The van der Waals surface area contributed by atoms with E-state index in [4.69, 9.17) is 4.74 Å². The lowest BCUT2D eigenvalue weighted by Gasteiger charge is -2.26. The molecule has 27 heavy (non-hydrogen) atoms. The van der Waals surface area contributed by atoms with Crippen LogP contribution in [0.2, 0.25) is 0 Å². The first kappa shape index (κ1) is 23.0. The first-order valence-electron chi connectivity index (χ1n) is 9.86. The van der Waals surface area contributed by atoms with Gasteiger partial charge in [-0.05, 0) is 46.5 Å². The van der Waals surface area contributed by atoms with Crippen molar-refractivity contribution >= 4 is 18.0 Å². The first-order chi connectivity index (χ1) is 12.6. The van der Waals surface area contributed by atoms with Crippen molar-refractivity contribution in [3.8, 4) is 0 Å². The van der Waals surface area contributed by atoms with Crippen molar-refractivity contribution in [3.05, 3.63) is 0 Å². The number of hydrogen-bond donors (Lipinski definition) is 2. The van der Waals surface area contributed by atoms with E-state index in [0.717, 1.165) is 32.5 Å². The molecule has 2 amide bonds. The van der Waals surface area contributed by atoms with E-state index in [-0.39, 0.29) is 24.5 Å². The van der Waals surface area contributed by atoms with Crippen LogP contribution in [0.3, 0.4) is 0 Å². The number of carbonyl (C=O) groups is 2. The Labute approximate surface area is 163 Å². The summed E-state index contributed by atoms with van der Waals surface area (Å²) in [5.74, 6) is 0.889. The third kappa shape index (κ3) is 9.49. The molecule has 8 nitrogen and oxygen atoms in total. The molecule has 0 aliphatic carbocycles. The zero-order valence-electron chi connectivity index (χ0n) is 17.8. The molecule has 0 aromatic heterocycles. The molecule has 8 heteroatoms. The molecule has 1 unspecified atom stereocenters. The fourth-order valence-corrected chi connectivity index (χ4v) is 2.77. The second kappa shape index (κ2) is 11.0. The van der Waals surface area contributed by atoms with Crippen LogP contribution < -0.4 is 10.6 Å². The van der Waals surface area contributed by atoms with Gasteiger partial charge < -0.3 is 25.2 Å². The molecule has 1 saturated heterocycles. The Hall–Kier alpha value is -1.99. The molecule has 1 atom stereocenters. The number of ether oxygens (including phenoxy) is 1. The smallest absolute Gasteiger partial charge is 0.410 e. The minimum absolute atomic E-state index is 0.0717. The molecular weight excluding hydrogens is 346 g/mol. The summed E-state index contributed by atoms with van der Waals surface area (Å²) in [5, 5.41) is 6.40. The van der Waals surface area contributed by atoms with E-state index in [1.54, 1.807) is 11.9 Å². The van der Waals surface area contributed by atoms with Gasteiger partial charge in [0.25, 0.3) is 0 Å². The predicted octanol–water partition coefficient (Wildman–Crippen LogP) is 1.67. The second-order valence-electron chi connectivity index (χ2n) is 8.13. The van der Waals surface area contributed by atoms with Crippen LogP contribution in [-0.4, -0.2) is 79.7 Å². The molecule has 0 aromatic carbocycles. The first-order valence-corrected chi connectivity index (χ1v) is 9.86. The largest absolute Gasteiger partial charge is 0.444 e. The van der Waals surface area contributed by atoms with E-state index in [1.807, 2.05) is 39.5 Å². The number of aliphatic imine (C=N–C) groups is 1. The van der Waals surface area contributed by atoms with Gasteiger partial charge in [-0.2, -0.15) is 0 Å². The maximum absolute atomic E-state index is 12.1. The normalized spacial score (nSPS) is 16.1. The number of nitrogens with one attached hydrogen (secondary N) is 2. The molecule has 156 valence electrons. The zero-order chi connectivity index (χ0) is 20.4. The highest BCUT2D eigenvalue weighted by Crippen LogP contribution is 2.10. The van der Waals surface area contributed by atoms with Crippen LogP contribution in [0.4, 0.5) is 4.79 Å². The molecular formula is C19H37N5O3. The maximum Gasteiger partial charge on any atom is 0.410 e. The van der Waals surface area contributed by atoms with Gasteiger partial charge >= 0.3 is 6.09 Å². The molecule has 1 heterocycles. The average Bonchev–Trinajstić information content (AvgIpc) is 3.10. The van der Waals surface area contributed by atoms with Crippen LogP contribution in [0.25, 0.3) is 0 Å². The molecule has 1 aliphatic heterocycles. The van der Waals surface area contributed by atoms with E-state index in [1.165, 1.54) is 0 Å². The van der Waals surface area contributed by atoms with Crippen LogP contribution in [-0.2, 0) is 9.53 Å². The van der Waals surface area contributed by atoms with E-state index < -0.39 is 5.60 Å². The van der Waals surface area contributed by atoms with Gasteiger partial charge in [0.2, 0.25) is 5.91 Å². The number of amides is 2. The quantitative estimate of drug-likeness (QED) is 0.516. The highest BCUT2D eigenvalue weighted by atomic mass is 16.6. The van der Waals surface area contributed by atoms with Crippen LogP contribution in [0.15, 0.2) is 4.99 Å². The van der Waals surface area contributed by atoms with Gasteiger partial charge in [0.15, 0.2) is 5.96 Å². The molecule has 0 bridgehead atoms. The van der Waals surface area contributed by atoms with Gasteiger partial charge in [0, 0.05) is 39.8 Å². The number of nitrogens with zero attached hydrogens (tertiary/aromatic N) is 3. The lowest BCUT2D eigenvalue weighted by Crippen LogP contribution is -2.43. The molecule has 0 spiro atoms. The fourth-order valence-electron chi connectivity index (χ4n) is 2.77. The van der Waals surface area contributed by atoms with Gasteiger partial charge in [-0.15, -0.1) is 0 Å². The number of likely N-dealkylation sites (tertiary alicyclic amines) is 1. The molecule has 1 fully saturated rings. The third-order valence-corrected chi connectivity index (χ3v) is 4.08. The Morgan fingerprint density at radius 2 is 1.85 bits per heavy atom. The Bertz CT molecular complexity index is 510. The van der Waals surface area contributed by atoms with E-state index in [0.29, 0.717) is 19.0 Å². The molecule has 0 aromatic rings. The van der Waals surface area contributed by atoms with Crippen molar-refractivity contribution in [2.75, 3.05) is 46.3 Å². The number of carbonyl (C=O) groups excluding carboxylic acids is 2. The Morgan fingerprint density at radius 3 is 2.41 bits per heavy atom. The van der Waals surface area contributed by atoms with Crippen LogP contribution >= 0.6 is 0 Å². The van der Waals surface area contributed by atoms with Crippen molar-refractivity contribution in [2.24, 2.45) is 10.9 Å². The van der Waals surface area contributed by atoms with E-state index >= 15 is 0 Å². The highest BCUT2D eigenvalue weighted by Gasteiger charge is 2.21. The lowest BCUT2D eigenvalue weighted by atomic mass is 10.1. The summed E-state index contributed by atoms with van der Waals surface area (Å²) in [6.07, 6.45) is 1.83. The summed E-state index contributed by atoms with van der Waals surface area (Å²) in [4.78, 5) is 32.0. The predicted molar refractivity (Wildman–Crippen MR) is 108 cm³/mol. The molecule has 0 radical (unpaired) electrons. The number of guanidine groups is 1. The molecule has 1 rings (SSSR count). The fraction of sp³-hybridized carbons (Fsp3) is 0.842. The second-order valence-corrected chi connectivity index (χ2v) is 8.13. The van der Waals surface area contributed by atoms with Crippen molar-refractivity contribution in [2.45, 2.75) is 53.1 Å². The minimum Gasteiger partial charge on any atom is -0.444 e. The average molecular weight is 384 g/mol. The van der Waals surface area contributed by atoms with Gasteiger partial charge in [-0.3, -0.25) is 4.79 Å². The summed E-state index contributed by atoms with van der Waals surface area (Å²) in [6, 6.07) is 0. The van der Waals surface area contributed by atoms with Gasteiger partial charge in [0.1, 0.15) is 12.1 Å². The summed E-state index contributed by atoms with van der Waals surface area (Å²) in [6.45, 7) is 13.3. The number of hydrogen-bond acceptors (Lipinski definition) is 4. The van der Waals surface area contributed by atoms with Crippen LogP contribution in [0, 0.1) is 5.92 Å². The van der Waals surface area contributed by atoms with Crippen molar-refractivity contribution in [3.63, 3.8) is 0 Å². The Morgan fingerprint density at radius 1 is 1.22 bits per heavy atom. The van der Waals surface area contributed by atoms with Crippen molar-refractivity contribution in [1.82, 2.24) is 20.4 Å². The summed E-state index contributed by atoms with van der Waals surface area (Å²) >= 11 is 0. The van der Waals surface area contributed by atoms with Crippen molar-refractivity contribution < 1.29 is 14.3 Å². The molecule has 2 N–H and O–H groups in total. The topological polar surface area (TPSA) is 86.3 Å². The van der Waals surface area contributed by atoms with Crippen LogP contribution in [0.1, 0.15) is 47.5 Å². The summed E-state index contributed by atoms with van der Waals surface area (Å²) in [7, 11) is 1.73. The van der Waals surface area contributed by atoms with Crippen molar-refractivity contribution in [1.29, 1.82) is 0 Å². The zero-order valence-corrected chi connectivity index (χ0v) is 17.8. The number of rotatable bonds is 7. The summed E-state index contributed by atoms with van der Waals surface area (Å²) < 4.78 is 5.37. The third-order valence-electron chi connectivity index (χ3n) is 4.08. The maximum atomic E-state index is 12.1. The minimum atomic E-state index is -0.500. The standard InChI is InChI=1S/C19H37N5O3/c1-7-20-17(22-13-16(25)24-10-8-9-11-24)21-12-15(2)14-23(6)18(26)27-19(3,4)5/h15H,7-14H2,1-6H3,(H2,20,21,22). The SMILES string of the molecule is CCNC(=NCC(=O)N1CCCC1)NCC(C)CN(C)C(=O)OC(C)(C)C. The van der Waals surface area contributed by atoms with Gasteiger partial charge in [-0.25, -0.2) is 9.79 Å². The lowest BCUT2D eigenvalue weighted by molar-refractivity contribution is -0.128. The van der Waals surface area contributed by atoms with Crippen LogP contribution in [0.5, 0.6) is 0 Å². The van der Waals surface area contributed by atoms with E-state index in [2.05, 4.69) is 15.6 Å². The summed E-state index contributed by atoms with van der Waals surface area (Å²) in [5.41, 5.74) is -0.500. The van der Waals surface area contributed by atoms with E-state index in [9.17, 15) is 9.59 Å². The Balaban J connectivity index is 2.44. The van der Waals surface area contributed by atoms with Gasteiger partial charge in [0.05, 0.1) is 0 Å².